The Morgan fingerprint density at radius 1 is 1.19 bits per heavy atom. The summed E-state index contributed by atoms with van der Waals surface area (Å²) in [6.07, 6.45) is 5.45. The fourth-order valence-electron chi connectivity index (χ4n) is 3.02. The number of hydrogen-bond donors (Lipinski definition) is 1. The Hall–Kier alpha value is -1.87. The van der Waals surface area contributed by atoms with Crippen molar-refractivity contribution in [2.45, 2.75) is 31.8 Å². The lowest BCUT2D eigenvalue weighted by atomic mass is 9.92. The molecule has 1 atom stereocenters. The molecule has 2 aromatic rings. The van der Waals surface area contributed by atoms with Gasteiger partial charge in [0.25, 0.3) is 0 Å². The van der Waals surface area contributed by atoms with Crippen molar-refractivity contribution < 1.29 is 0 Å². The molecule has 1 unspecified atom stereocenters. The molecule has 1 N–H and O–H groups in total. The largest absolute Gasteiger partial charge is 0.377 e. The maximum Gasteiger partial charge on any atom is 0.0688 e. The lowest BCUT2D eigenvalue weighted by molar-refractivity contribution is 0.402. The van der Waals surface area contributed by atoms with Crippen molar-refractivity contribution in [1.29, 1.82) is 0 Å². The standard InChI is InChI=1S/C18H23N3/c1-21(2)13-14-8-10-16(11-9-14)20-17-7-3-5-15-6-4-12-19-18(15)17/h4,6,8-12,17,20H,3,5,7,13H2,1-2H3. The number of aromatic nitrogens is 1. The molecule has 1 heterocycles. The zero-order chi connectivity index (χ0) is 14.7. The van der Waals surface area contributed by atoms with E-state index in [9.17, 15) is 0 Å². The average molecular weight is 281 g/mol. The van der Waals surface area contributed by atoms with Crippen LogP contribution >= 0.6 is 0 Å². The van der Waals surface area contributed by atoms with Gasteiger partial charge in [0, 0.05) is 18.4 Å². The van der Waals surface area contributed by atoms with Crippen molar-refractivity contribution in [1.82, 2.24) is 9.88 Å². The molecule has 3 heteroatoms. The van der Waals surface area contributed by atoms with Crippen LogP contribution in [0.25, 0.3) is 0 Å². The molecular weight excluding hydrogens is 258 g/mol. The molecule has 0 aliphatic heterocycles. The molecule has 0 amide bonds. The minimum atomic E-state index is 0.342. The van der Waals surface area contributed by atoms with E-state index in [1.165, 1.54) is 28.9 Å². The summed E-state index contributed by atoms with van der Waals surface area (Å²) in [6, 6.07) is 13.3. The van der Waals surface area contributed by atoms with Gasteiger partial charge in [-0.2, -0.15) is 0 Å². The zero-order valence-corrected chi connectivity index (χ0v) is 12.8. The van der Waals surface area contributed by atoms with Gasteiger partial charge in [0.05, 0.1) is 11.7 Å². The summed E-state index contributed by atoms with van der Waals surface area (Å²) in [4.78, 5) is 6.77. The summed E-state index contributed by atoms with van der Waals surface area (Å²) < 4.78 is 0. The molecule has 1 aliphatic rings. The molecule has 0 bridgehead atoms. The van der Waals surface area contributed by atoms with E-state index in [2.05, 4.69) is 59.6 Å². The van der Waals surface area contributed by atoms with E-state index in [4.69, 9.17) is 0 Å². The van der Waals surface area contributed by atoms with Crippen LogP contribution in [-0.4, -0.2) is 24.0 Å². The van der Waals surface area contributed by atoms with Gasteiger partial charge in [-0.25, -0.2) is 0 Å². The summed E-state index contributed by atoms with van der Waals surface area (Å²) in [6.45, 7) is 0.980. The first-order valence-electron chi connectivity index (χ1n) is 7.66. The molecule has 21 heavy (non-hydrogen) atoms. The van der Waals surface area contributed by atoms with Gasteiger partial charge in [0.15, 0.2) is 0 Å². The van der Waals surface area contributed by atoms with Crippen LogP contribution < -0.4 is 5.32 Å². The fourth-order valence-corrected chi connectivity index (χ4v) is 3.02. The van der Waals surface area contributed by atoms with Crippen molar-refractivity contribution in [2.24, 2.45) is 0 Å². The number of aryl methyl sites for hydroxylation is 1. The van der Waals surface area contributed by atoms with Crippen LogP contribution in [0.4, 0.5) is 5.69 Å². The first-order valence-corrected chi connectivity index (χ1v) is 7.66. The van der Waals surface area contributed by atoms with Gasteiger partial charge in [0.1, 0.15) is 0 Å². The summed E-state index contributed by atoms with van der Waals surface area (Å²) >= 11 is 0. The molecule has 3 nitrogen and oxygen atoms in total. The van der Waals surface area contributed by atoms with Crippen LogP contribution in [0.1, 0.15) is 35.7 Å². The van der Waals surface area contributed by atoms with Gasteiger partial charge in [0.2, 0.25) is 0 Å². The van der Waals surface area contributed by atoms with Gasteiger partial charge in [-0.15, -0.1) is 0 Å². The van der Waals surface area contributed by atoms with E-state index >= 15 is 0 Å². The summed E-state index contributed by atoms with van der Waals surface area (Å²) in [5, 5.41) is 3.64. The van der Waals surface area contributed by atoms with Gasteiger partial charge in [-0.1, -0.05) is 18.2 Å². The first kappa shape index (κ1) is 14.1. The van der Waals surface area contributed by atoms with Crippen LogP contribution in [0.5, 0.6) is 0 Å². The van der Waals surface area contributed by atoms with E-state index in [1.807, 2.05) is 12.3 Å². The Labute approximate surface area is 127 Å². The van der Waals surface area contributed by atoms with E-state index in [-0.39, 0.29) is 0 Å². The van der Waals surface area contributed by atoms with Crippen molar-refractivity contribution in [3.63, 3.8) is 0 Å². The number of anilines is 1. The normalized spacial score (nSPS) is 17.6. The van der Waals surface area contributed by atoms with Gasteiger partial charge in [-0.3, -0.25) is 4.98 Å². The third-order valence-corrected chi connectivity index (χ3v) is 3.99. The number of pyridine rings is 1. The maximum atomic E-state index is 4.58. The van der Waals surface area contributed by atoms with Gasteiger partial charge >= 0.3 is 0 Å². The second-order valence-corrected chi connectivity index (χ2v) is 6.07. The molecule has 0 radical (unpaired) electrons. The van der Waals surface area contributed by atoms with Crippen molar-refractivity contribution in [2.75, 3.05) is 19.4 Å². The highest BCUT2D eigenvalue weighted by atomic mass is 15.0. The predicted octanol–water partition coefficient (Wildman–Crippen LogP) is 3.63. The topological polar surface area (TPSA) is 28.2 Å². The minimum Gasteiger partial charge on any atom is -0.377 e. The second-order valence-electron chi connectivity index (χ2n) is 6.07. The Morgan fingerprint density at radius 2 is 2.00 bits per heavy atom. The first-order chi connectivity index (χ1) is 10.2. The van der Waals surface area contributed by atoms with E-state index in [0.29, 0.717) is 6.04 Å². The second kappa shape index (κ2) is 6.27. The van der Waals surface area contributed by atoms with Crippen molar-refractivity contribution in [3.8, 4) is 0 Å². The highest BCUT2D eigenvalue weighted by molar-refractivity contribution is 5.47. The maximum absolute atomic E-state index is 4.58. The van der Waals surface area contributed by atoms with E-state index in [0.717, 1.165) is 19.4 Å². The summed E-state index contributed by atoms with van der Waals surface area (Å²) in [5.74, 6) is 0. The molecule has 3 rings (SSSR count). The highest BCUT2D eigenvalue weighted by Gasteiger charge is 2.20. The minimum absolute atomic E-state index is 0.342. The number of hydrogen-bond acceptors (Lipinski definition) is 3. The van der Waals surface area contributed by atoms with Crippen molar-refractivity contribution >= 4 is 5.69 Å². The fraction of sp³-hybridized carbons (Fsp3) is 0.389. The Morgan fingerprint density at radius 3 is 2.76 bits per heavy atom. The number of benzene rings is 1. The molecule has 1 aliphatic carbocycles. The SMILES string of the molecule is CN(C)Cc1ccc(NC2CCCc3cccnc32)cc1. The predicted molar refractivity (Wildman–Crippen MR) is 87.4 cm³/mol. The van der Waals surface area contributed by atoms with Crippen LogP contribution in [-0.2, 0) is 13.0 Å². The van der Waals surface area contributed by atoms with Crippen molar-refractivity contribution in [3.05, 3.63) is 59.4 Å². The summed E-state index contributed by atoms with van der Waals surface area (Å²) in [5.41, 5.74) is 5.14. The van der Waals surface area contributed by atoms with Crippen LogP contribution in [0, 0.1) is 0 Å². The number of fused-ring (bicyclic) bond motifs is 1. The zero-order valence-electron chi connectivity index (χ0n) is 12.8. The average Bonchev–Trinajstić information content (AvgIpc) is 2.49. The number of rotatable bonds is 4. The third kappa shape index (κ3) is 3.42. The molecular formula is C18H23N3. The molecule has 0 saturated carbocycles. The number of nitrogens with one attached hydrogen (secondary N) is 1. The molecule has 0 saturated heterocycles. The van der Waals surface area contributed by atoms with Gasteiger partial charge in [-0.05, 0) is 62.7 Å². The molecule has 1 aromatic carbocycles. The number of nitrogens with zero attached hydrogens (tertiary/aromatic N) is 2. The van der Waals surface area contributed by atoms with Gasteiger partial charge < -0.3 is 10.2 Å². The third-order valence-electron chi connectivity index (χ3n) is 3.99. The Balaban J connectivity index is 1.73. The van der Waals surface area contributed by atoms with Crippen LogP contribution in [0.3, 0.4) is 0 Å². The quantitative estimate of drug-likeness (QED) is 0.927. The smallest absolute Gasteiger partial charge is 0.0688 e. The molecule has 0 spiro atoms. The Bertz CT molecular complexity index is 590. The lowest BCUT2D eigenvalue weighted by Crippen LogP contribution is -2.18. The Kier molecular flexibility index (Phi) is 4.20. The van der Waals surface area contributed by atoms with Crippen LogP contribution in [0.2, 0.25) is 0 Å². The molecule has 110 valence electrons. The highest BCUT2D eigenvalue weighted by Crippen LogP contribution is 2.30. The van der Waals surface area contributed by atoms with E-state index in [1.54, 1.807) is 0 Å². The van der Waals surface area contributed by atoms with E-state index < -0.39 is 0 Å². The molecule has 1 aromatic heterocycles. The lowest BCUT2D eigenvalue weighted by Gasteiger charge is -2.26. The summed E-state index contributed by atoms with van der Waals surface area (Å²) in [7, 11) is 4.19. The molecule has 0 fully saturated rings. The van der Waals surface area contributed by atoms with Crippen LogP contribution in [0.15, 0.2) is 42.6 Å². The monoisotopic (exact) mass is 281 g/mol.